The van der Waals surface area contributed by atoms with Gasteiger partial charge in [0.25, 0.3) is 0 Å². The minimum absolute atomic E-state index is 0.143. The lowest BCUT2D eigenvalue weighted by Crippen LogP contribution is -2.05. The lowest BCUT2D eigenvalue weighted by atomic mass is 10.1. The number of aromatic amines is 1. The summed E-state index contributed by atoms with van der Waals surface area (Å²) in [5.41, 5.74) is 10.7. The van der Waals surface area contributed by atoms with Gasteiger partial charge < -0.3 is 15.8 Å². The number of hydrogen-bond acceptors (Lipinski definition) is 6. The predicted molar refractivity (Wildman–Crippen MR) is 113 cm³/mol. The van der Waals surface area contributed by atoms with Crippen LogP contribution in [0.4, 0.5) is 5.95 Å². The van der Waals surface area contributed by atoms with Crippen LogP contribution in [0.1, 0.15) is 51.5 Å². The van der Waals surface area contributed by atoms with Crippen LogP contribution in [0, 0.1) is 0 Å². The summed E-state index contributed by atoms with van der Waals surface area (Å²) in [4.78, 5) is 16.3. The summed E-state index contributed by atoms with van der Waals surface area (Å²) in [5, 5.41) is 15.7. The molecule has 0 unspecified atom stereocenters. The highest BCUT2D eigenvalue weighted by Crippen LogP contribution is 2.31. The van der Waals surface area contributed by atoms with Crippen LogP contribution in [-0.4, -0.2) is 34.8 Å². The molecule has 0 aromatic carbocycles. The number of anilines is 1. The van der Waals surface area contributed by atoms with Crippen LogP contribution >= 0.6 is 0 Å². The normalized spacial score (nSPS) is 12.7. The van der Waals surface area contributed by atoms with Gasteiger partial charge in [0.1, 0.15) is 5.65 Å². The van der Waals surface area contributed by atoms with Crippen molar-refractivity contribution >= 4 is 17.0 Å². The lowest BCUT2D eigenvalue weighted by Gasteiger charge is -2.10. The number of hydrogen-bond donors (Lipinski definition) is 3. The number of nitrogens with zero attached hydrogens (tertiary/aromatic N) is 5. The fourth-order valence-electron chi connectivity index (χ4n) is 3.36. The van der Waals surface area contributed by atoms with Gasteiger partial charge in [-0.15, -0.1) is 0 Å². The third kappa shape index (κ3) is 3.71. The summed E-state index contributed by atoms with van der Waals surface area (Å²) in [5.74, 6) is 0.143. The maximum Gasteiger partial charge on any atom is 0.220 e. The maximum absolute atomic E-state index is 10.3. The smallest absolute Gasteiger partial charge is 0.220 e. The van der Waals surface area contributed by atoms with Crippen LogP contribution in [0.15, 0.2) is 36.9 Å². The molecule has 4 aromatic rings. The van der Waals surface area contributed by atoms with E-state index < -0.39 is 6.10 Å². The van der Waals surface area contributed by atoms with Gasteiger partial charge in [0, 0.05) is 46.7 Å². The second-order valence-electron chi connectivity index (χ2n) is 7.47. The Morgan fingerprint density at radius 1 is 1.17 bits per heavy atom. The number of pyridine rings is 1. The Bertz CT molecular complexity index is 1150. The van der Waals surface area contributed by atoms with Crippen molar-refractivity contribution in [3.63, 3.8) is 0 Å². The molecule has 0 spiro atoms. The van der Waals surface area contributed by atoms with E-state index in [0.29, 0.717) is 23.9 Å². The Labute approximate surface area is 168 Å². The summed E-state index contributed by atoms with van der Waals surface area (Å²) in [7, 11) is 0. The van der Waals surface area contributed by atoms with Crippen molar-refractivity contribution in [1.29, 1.82) is 0 Å². The molecule has 150 valence electrons. The van der Waals surface area contributed by atoms with Gasteiger partial charge in [-0.1, -0.05) is 13.3 Å². The zero-order valence-electron chi connectivity index (χ0n) is 16.8. The zero-order chi connectivity index (χ0) is 20.5. The van der Waals surface area contributed by atoms with Crippen molar-refractivity contribution in [3.05, 3.63) is 42.6 Å². The molecule has 8 heteroatoms. The van der Waals surface area contributed by atoms with Crippen molar-refractivity contribution in [2.45, 2.75) is 45.8 Å². The largest absolute Gasteiger partial charge is 0.387 e. The monoisotopic (exact) mass is 391 g/mol. The van der Waals surface area contributed by atoms with Crippen molar-refractivity contribution in [1.82, 2.24) is 29.7 Å². The third-order valence-electron chi connectivity index (χ3n) is 4.94. The SMILES string of the molecule is CCC[C@@H](O)c1cc(-c2c[nH]c3ncc(-c4cnn(C(C)C)c4)cc23)nc(N)n1. The van der Waals surface area contributed by atoms with Gasteiger partial charge in [-0.25, -0.2) is 15.0 Å². The quantitative estimate of drug-likeness (QED) is 0.459. The number of nitrogens with two attached hydrogens (primary N) is 1. The Balaban J connectivity index is 1.78. The maximum atomic E-state index is 10.3. The summed E-state index contributed by atoms with van der Waals surface area (Å²) < 4.78 is 1.92. The summed E-state index contributed by atoms with van der Waals surface area (Å²) in [6.45, 7) is 6.20. The second kappa shape index (κ2) is 7.63. The molecule has 4 heterocycles. The van der Waals surface area contributed by atoms with E-state index in [2.05, 4.69) is 44.9 Å². The molecule has 4 aromatic heterocycles. The molecule has 0 amide bonds. The molecular formula is C21H25N7O. The molecule has 8 nitrogen and oxygen atoms in total. The number of nitrogens with one attached hydrogen (secondary N) is 1. The van der Waals surface area contributed by atoms with Gasteiger partial charge in [-0.05, 0) is 32.4 Å². The van der Waals surface area contributed by atoms with E-state index in [0.717, 1.165) is 34.1 Å². The Hall–Kier alpha value is -3.26. The van der Waals surface area contributed by atoms with Crippen LogP contribution in [0.25, 0.3) is 33.4 Å². The standard InChI is InChI=1S/C21H25N7O/c1-4-5-19(29)18-7-17(26-21(22)27-18)16-10-24-20-15(16)6-13(8-23-20)14-9-25-28(11-14)12(2)3/h6-12,19,29H,4-5H2,1-3H3,(H,23,24)(H2,22,26,27)/t19-/m1/s1. The number of aromatic nitrogens is 6. The van der Waals surface area contributed by atoms with Crippen molar-refractivity contribution in [3.8, 4) is 22.4 Å². The lowest BCUT2D eigenvalue weighted by molar-refractivity contribution is 0.162. The molecule has 0 fully saturated rings. The highest BCUT2D eigenvalue weighted by molar-refractivity contribution is 5.95. The molecule has 0 saturated carbocycles. The molecule has 0 aliphatic rings. The first kappa shape index (κ1) is 19.1. The molecule has 0 saturated heterocycles. The van der Waals surface area contributed by atoms with Gasteiger partial charge >= 0.3 is 0 Å². The van der Waals surface area contributed by atoms with E-state index in [9.17, 15) is 5.11 Å². The number of aliphatic hydroxyl groups excluding tert-OH is 1. The molecule has 0 radical (unpaired) electrons. The van der Waals surface area contributed by atoms with E-state index in [1.807, 2.05) is 36.4 Å². The molecule has 4 N–H and O–H groups in total. The fraction of sp³-hybridized carbons (Fsp3) is 0.333. The minimum atomic E-state index is -0.662. The average Bonchev–Trinajstić information content (AvgIpc) is 3.34. The second-order valence-corrected chi connectivity index (χ2v) is 7.47. The third-order valence-corrected chi connectivity index (χ3v) is 4.94. The van der Waals surface area contributed by atoms with Crippen LogP contribution < -0.4 is 5.73 Å². The first-order valence-corrected chi connectivity index (χ1v) is 9.80. The predicted octanol–water partition coefficient (Wildman–Crippen LogP) is 3.88. The minimum Gasteiger partial charge on any atom is -0.387 e. The first-order valence-electron chi connectivity index (χ1n) is 9.80. The number of rotatable bonds is 6. The summed E-state index contributed by atoms with van der Waals surface area (Å²) in [6.07, 6.45) is 8.36. The van der Waals surface area contributed by atoms with Crippen LogP contribution in [-0.2, 0) is 0 Å². The Morgan fingerprint density at radius 2 is 2.00 bits per heavy atom. The number of aliphatic hydroxyl groups is 1. The Kier molecular flexibility index (Phi) is 5.02. The van der Waals surface area contributed by atoms with E-state index in [-0.39, 0.29) is 5.95 Å². The van der Waals surface area contributed by atoms with Crippen LogP contribution in [0.2, 0.25) is 0 Å². The summed E-state index contributed by atoms with van der Waals surface area (Å²) in [6, 6.07) is 4.15. The van der Waals surface area contributed by atoms with E-state index in [1.165, 1.54) is 0 Å². The van der Waals surface area contributed by atoms with E-state index in [4.69, 9.17) is 5.73 Å². The van der Waals surface area contributed by atoms with E-state index >= 15 is 0 Å². The number of H-pyrrole nitrogens is 1. The molecule has 4 rings (SSSR count). The van der Waals surface area contributed by atoms with E-state index in [1.54, 1.807) is 6.07 Å². The molecule has 0 bridgehead atoms. The molecule has 1 atom stereocenters. The van der Waals surface area contributed by atoms with Gasteiger partial charge in [0.15, 0.2) is 0 Å². The highest BCUT2D eigenvalue weighted by Gasteiger charge is 2.16. The molecule has 29 heavy (non-hydrogen) atoms. The molecular weight excluding hydrogens is 366 g/mol. The van der Waals surface area contributed by atoms with Crippen molar-refractivity contribution < 1.29 is 5.11 Å². The van der Waals surface area contributed by atoms with Gasteiger partial charge in [0.2, 0.25) is 5.95 Å². The molecule has 0 aliphatic carbocycles. The van der Waals surface area contributed by atoms with Gasteiger partial charge in [-0.2, -0.15) is 5.10 Å². The van der Waals surface area contributed by atoms with Gasteiger partial charge in [0.05, 0.1) is 23.7 Å². The van der Waals surface area contributed by atoms with Crippen molar-refractivity contribution in [2.24, 2.45) is 0 Å². The first-order chi connectivity index (χ1) is 14.0. The van der Waals surface area contributed by atoms with Crippen molar-refractivity contribution in [2.75, 3.05) is 5.73 Å². The average molecular weight is 391 g/mol. The topological polar surface area (TPSA) is 119 Å². The van der Waals surface area contributed by atoms with Crippen LogP contribution in [0.5, 0.6) is 0 Å². The fourth-order valence-corrected chi connectivity index (χ4v) is 3.36. The highest BCUT2D eigenvalue weighted by atomic mass is 16.3. The number of fused-ring (bicyclic) bond motifs is 1. The zero-order valence-corrected chi connectivity index (χ0v) is 16.8. The summed E-state index contributed by atoms with van der Waals surface area (Å²) >= 11 is 0. The van der Waals surface area contributed by atoms with Gasteiger partial charge in [-0.3, -0.25) is 4.68 Å². The Morgan fingerprint density at radius 3 is 2.72 bits per heavy atom. The number of nitrogen functional groups attached to an aromatic ring is 1. The van der Waals surface area contributed by atoms with Crippen LogP contribution in [0.3, 0.4) is 0 Å². The molecule has 0 aliphatic heterocycles.